The maximum Gasteiger partial charge on any atom is 0.273 e. The molecule has 6 heteroatoms. The van der Waals surface area contributed by atoms with Crippen LogP contribution < -0.4 is 10.6 Å². The molecule has 1 aliphatic rings. The summed E-state index contributed by atoms with van der Waals surface area (Å²) in [6.45, 7) is 4.06. The van der Waals surface area contributed by atoms with E-state index in [1.165, 1.54) is 17.5 Å². The van der Waals surface area contributed by atoms with Crippen LogP contribution in [0.4, 0.5) is 0 Å². The first-order valence-electron chi connectivity index (χ1n) is 6.24. The molecule has 0 saturated carbocycles. The smallest absolute Gasteiger partial charge is 0.273 e. The molecule has 1 aromatic carbocycles. The average molecular weight is 294 g/mol. The van der Waals surface area contributed by atoms with Gasteiger partial charge in [-0.1, -0.05) is 18.2 Å². The van der Waals surface area contributed by atoms with Crippen molar-refractivity contribution in [1.82, 2.24) is 15.6 Å². The highest BCUT2D eigenvalue weighted by Crippen LogP contribution is 2.17. The number of hydrogen-bond acceptors (Lipinski definition) is 4. The third-order valence-corrected chi connectivity index (χ3v) is 3.31. The van der Waals surface area contributed by atoms with Gasteiger partial charge < -0.3 is 15.1 Å². The summed E-state index contributed by atoms with van der Waals surface area (Å²) in [5, 5.41) is 6.15. The Morgan fingerprint density at radius 3 is 2.95 bits per heavy atom. The summed E-state index contributed by atoms with van der Waals surface area (Å²) in [6.07, 6.45) is 1.28. The van der Waals surface area contributed by atoms with E-state index < -0.39 is 0 Å². The largest absolute Gasteiger partial charge is 0.448 e. The van der Waals surface area contributed by atoms with E-state index in [1.807, 2.05) is 6.07 Å². The van der Waals surface area contributed by atoms with E-state index in [0.29, 0.717) is 18.0 Å². The van der Waals surface area contributed by atoms with Crippen LogP contribution in [-0.2, 0) is 19.6 Å². The molecule has 0 aliphatic carbocycles. The number of aromatic nitrogens is 1. The number of carbonyl (C=O) groups excluding carboxylic acids is 1. The minimum Gasteiger partial charge on any atom is -0.448 e. The summed E-state index contributed by atoms with van der Waals surface area (Å²) in [4.78, 5) is 15.8. The summed E-state index contributed by atoms with van der Waals surface area (Å²) in [6, 6.07) is 6.28. The minimum absolute atomic E-state index is 0. The van der Waals surface area contributed by atoms with Gasteiger partial charge in [0.25, 0.3) is 5.91 Å². The van der Waals surface area contributed by atoms with E-state index in [2.05, 4.69) is 27.8 Å². The van der Waals surface area contributed by atoms with Crippen LogP contribution in [0, 0.1) is 6.92 Å². The van der Waals surface area contributed by atoms with Crippen LogP contribution in [0.5, 0.6) is 0 Å². The summed E-state index contributed by atoms with van der Waals surface area (Å²) in [5.41, 5.74) is 4.09. The molecule has 0 unspecified atom stereocenters. The molecule has 5 nitrogen and oxygen atoms in total. The fraction of sp³-hybridized carbons (Fsp3) is 0.286. The number of fused-ring (bicyclic) bond motifs is 1. The molecule has 106 valence electrons. The van der Waals surface area contributed by atoms with Gasteiger partial charge >= 0.3 is 0 Å². The first-order valence-corrected chi connectivity index (χ1v) is 6.24. The van der Waals surface area contributed by atoms with Crippen LogP contribution in [0.25, 0.3) is 0 Å². The average Bonchev–Trinajstić information content (AvgIpc) is 3.03. The zero-order valence-corrected chi connectivity index (χ0v) is 11.9. The molecule has 0 radical (unpaired) electrons. The normalized spacial score (nSPS) is 12.7. The first-order chi connectivity index (χ1) is 9.24. The molecule has 2 N–H and O–H groups in total. The fourth-order valence-electron chi connectivity index (χ4n) is 2.25. The van der Waals surface area contributed by atoms with Crippen molar-refractivity contribution >= 4 is 18.3 Å². The van der Waals surface area contributed by atoms with Crippen molar-refractivity contribution in [2.75, 3.05) is 0 Å². The molecular weight excluding hydrogens is 278 g/mol. The number of oxazole rings is 1. The van der Waals surface area contributed by atoms with Crippen molar-refractivity contribution in [3.05, 3.63) is 52.7 Å². The van der Waals surface area contributed by atoms with Gasteiger partial charge in [0.2, 0.25) is 0 Å². The van der Waals surface area contributed by atoms with Gasteiger partial charge in [-0.2, -0.15) is 0 Å². The van der Waals surface area contributed by atoms with E-state index in [9.17, 15) is 4.79 Å². The van der Waals surface area contributed by atoms with E-state index in [0.717, 1.165) is 18.7 Å². The van der Waals surface area contributed by atoms with Crippen LogP contribution in [-0.4, -0.2) is 10.9 Å². The highest BCUT2D eigenvalue weighted by molar-refractivity contribution is 5.92. The number of hydrogen-bond donors (Lipinski definition) is 2. The summed E-state index contributed by atoms with van der Waals surface area (Å²) in [5.74, 6) is 0.334. The Balaban J connectivity index is 0.00000147. The number of amides is 1. The Morgan fingerprint density at radius 1 is 1.40 bits per heavy atom. The van der Waals surface area contributed by atoms with Gasteiger partial charge in [-0.15, -0.1) is 12.4 Å². The molecule has 0 fully saturated rings. The molecule has 1 aromatic heterocycles. The van der Waals surface area contributed by atoms with Crippen molar-refractivity contribution in [1.29, 1.82) is 0 Å². The second-order valence-electron chi connectivity index (χ2n) is 4.65. The van der Waals surface area contributed by atoms with Crippen molar-refractivity contribution < 1.29 is 9.21 Å². The quantitative estimate of drug-likeness (QED) is 0.907. The molecule has 1 aliphatic heterocycles. The van der Waals surface area contributed by atoms with Crippen molar-refractivity contribution in [3.8, 4) is 0 Å². The number of nitrogens with one attached hydrogen (secondary N) is 2. The Morgan fingerprint density at radius 2 is 2.20 bits per heavy atom. The number of halogens is 1. The standard InChI is InChI=1S/C14H15N3O2.ClH/c1-9-13(17-8-19-9)14(18)16-5-10-2-3-11-6-15-7-12(11)4-10;/h2-4,8,15H,5-7H2,1H3,(H,16,18);1H. The minimum atomic E-state index is -0.204. The SMILES string of the molecule is Cc1ocnc1C(=O)NCc1ccc2c(c1)CNC2.Cl. The molecular formula is C14H16ClN3O2. The fourth-order valence-corrected chi connectivity index (χ4v) is 2.25. The Hall–Kier alpha value is -1.85. The number of nitrogens with zero attached hydrogens (tertiary/aromatic N) is 1. The van der Waals surface area contributed by atoms with E-state index >= 15 is 0 Å². The first kappa shape index (κ1) is 14.6. The highest BCUT2D eigenvalue weighted by atomic mass is 35.5. The Labute approximate surface area is 123 Å². The predicted molar refractivity (Wildman–Crippen MR) is 76.6 cm³/mol. The van der Waals surface area contributed by atoms with Crippen LogP contribution >= 0.6 is 12.4 Å². The number of rotatable bonds is 3. The van der Waals surface area contributed by atoms with Gasteiger partial charge in [-0.3, -0.25) is 4.79 Å². The van der Waals surface area contributed by atoms with E-state index in [-0.39, 0.29) is 18.3 Å². The zero-order valence-electron chi connectivity index (χ0n) is 11.1. The molecule has 3 rings (SSSR count). The van der Waals surface area contributed by atoms with Gasteiger partial charge in [-0.05, 0) is 23.6 Å². The van der Waals surface area contributed by atoms with Gasteiger partial charge in [0.05, 0.1) is 0 Å². The molecule has 2 aromatic rings. The molecule has 0 saturated heterocycles. The molecule has 0 atom stereocenters. The lowest BCUT2D eigenvalue weighted by molar-refractivity contribution is 0.0945. The maximum absolute atomic E-state index is 11.9. The molecule has 20 heavy (non-hydrogen) atoms. The highest BCUT2D eigenvalue weighted by Gasteiger charge is 2.14. The third-order valence-electron chi connectivity index (χ3n) is 3.31. The summed E-state index contributed by atoms with van der Waals surface area (Å²) < 4.78 is 5.02. The van der Waals surface area contributed by atoms with Crippen LogP contribution in [0.2, 0.25) is 0 Å². The van der Waals surface area contributed by atoms with Crippen molar-refractivity contribution in [2.24, 2.45) is 0 Å². The van der Waals surface area contributed by atoms with Crippen molar-refractivity contribution in [2.45, 2.75) is 26.6 Å². The second kappa shape index (κ2) is 6.07. The van der Waals surface area contributed by atoms with Gasteiger partial charge in [0.1, 0.15) is 5.76 Å². The Bertz CT molecular complexity index is 625. The third kappa shape index (κ3) is 2.84. The number of benzene rings is 1. The lowest BCUT2D eigenvalue weighted by Gasteiger charge is -2.06. The van der Waals surface area contributed by atoms with E-state index in [1.54, 1.807) is 6.92 Å². The Kier molecular flexibility index (Phi) is 4.42. The monoisotopic (exact) mass is 293 g/mol. The van der Waals surface area contributed by atoms with Crippen LogP contribution in [0.15, 0.2) is 29.0 Å². The lowest BCUT2D eigenvalue weighted by Crippen LogP contribution is -2.23. The number of aryl methyl sites for hydroxylation is 1. The number of carbonyl (C=O) groups is 1. The van der Waals surface area contributed by atoms with Crippen LogP contribution in [0.3, 0.4) is 0 Å². The summed E-state index contributed by atoms with van der Waals surface area (Å²) in [7, 11) is 0. The molecule has 0 spiro atoms. The van der Waals surface area contributed by atoms with Gasteiger partial charge in [0.15, 0.2) is 12.1 Å². The molecule has 2 heterocycles. The van der Waals surface area contributed by atoms with Crippen molar-refractivity contribution in [3.63, 3.8) is 0 Å². The summed E-state index contributed by atoms with van der Waals surface area (Å²) >= 11 is 0. The second-order valence-corrected chi connectivity index (χ2v) is 4.65. The maximum atomic E-state index is 11.9. The van der Waals surface area contributed by atoms with E-state index in [4.69, 9.17) is 4.42 Å². The molecule has 0 bridgehead atoms. The van der Waals surface area contributed by atoms with Crippen LogP contribution in [0.1, 0.15) is 32.9 Å². The van der Waals surface area contributed by atoms with Gasteiger partial charge in [-0.25, -0.2) is 4.98 Å². The predicted octanol–water partition coefficient (Wildman–Crippen LogP) is 1.94. The molecule has 1 amide bonds. The lowest BCUT2D eigenvalue weighted by atomic mass is 10.1. The topological polar surface area (TPSA) is 67.2 Å². The zero-order chi connectivity index (χ0) is 13.2. The van der Waals surface area contributed by atoms with Gasteiger partial charge in [0, 0.05) is 19.6 Å².